The number of esters is 1. The number of amides is 1. The van der Waals surface area contributed by atoms with Crippen molar-refractivity contribution in [3.63, 3.8) is 0 Å². The molecule has 1 N–H and O–H groups in total. The van der Waals surface area contributed by atoms with Gasteiger partial charge in [-0.3, -0.25) is 10.1 Å². The van der Waals surface area contributed by atoms with Gasteiger partial charge in [0.2, 0.25) is 0 Å². The van der Waals surface area contributed by atoms with Crippen LogP contribution in [-0.4, -0.2) is 34.7 Å². The van der Waals surface area contributed by atoms with Gasteiger partial charge in [-0.2, -0.15) is 0 Å². The van der Waals surface area contributed by atoms with Crippen molar-refractivity contribution in [1.29, 1.82) is 0 Å². The Hall–Kier alpha value is -3.78. The number of rotatable bonds is 5. The molecule has 2 aromatic heterocycles. The molecule has 0 saturated heterocycles. The summed E-state index contributed by atoms with van der Waals surface area (Å²) in [5.41, 5.74) is 5.61. The van der Waals surface area contributed by atoms with Crippen LogP contribution in [0.1, 0.15) is 26.3 Å². The molecule has 0 saturated carbocycles. The maximum Gasteiger partial charge on any atom is 0.412 e. The number of ether oxygens (including phenoxy) is 2. The number of fused-ring (bicyclic) bond motifs is 1. The van der Waals surface area contributed by atoms with E-state index in [1.54, 1.807) is 17.7 Å². The molecule has 0 unspecified atom stereocenters. The van der Waals surface area contributed by atoms with E-state index < -0.39 is 11.7 Å². The van der Waals surface area contributed by atoms with Crippen molar-refractivity contribution in [2.75, 3.05) is 12.4 Å². The van der Waals surface area contributed by atoms with Gasteiger partial charge < -0.3 is 9.47 Å². The van der Waals surface area contributed by atoms with Crippen molar-refractivity contribution in [1.82, 2.24) is 9.97 Å². The normalized spacial score (nSPS) is 11.3. The molecule has 8 heteroatoms. The number of anilines is 1. The number of carbonyl (C=O) groups is 2. The second-order valence-corrected chi connectivity index (χ2v) is 9.58. The molecule has 34 heavy (non-hydrogen) atoms. The summed E-state index contributed by atoms with van der Waals surface area (Å²) >= 11 is 1.58. The average molecular weight is 476 g/mol. The predicted molar refractivity (Wildman–Crippen MR) is 134 cm³/mol. The van der Waals surface area contributed by atoms with Gasteiger partial charge in [-0.1, -0.05) is 36.4 Å². The molecule has 0 radical (unpaired) electrons. The molecule has 1 amide bonds. The number of hydrogen-bond acceptors (Lipinski definition) is 7. The van der Waals surface area contributed by atoms with Crippen LogP contribution in [0.3, 0.4) is 0 Å². The molecule has 0 aliphatic rings. The van der Waals surface area contributed by atoms with Crippen molar-refractivity contribution in [2.45, 2.75) is 32.8 Å². The van der Waals surface area contributed by atoms with Crippen LogP contribution in [0, 0.1) is 0 Å². The van der Waals surface area contributed by atoms with Gasteiger partial charge in [-0.05, 0) is 44.0 Å². The van der Waals surface area contributed by atoms with E-state index in [9.17, 15) is 9.59 Å². The highest BCUT2D eigenvalue weighted by Gasteiger charge is 2.17. The minimum Gasteiger partial charge on any atom is -0.469 e. The summed E-state index contributed by atoms with van der Waals surface area (Å²) < 4.78 is 11.0. The quantitative estimate of drug-likeness (QED) is 0.351. The standard InChI is InChI=1S/C26H25N3O4S/c1-26(2,3)33-25(31)29-19-11-9-18(10-12-19)22-24-23(28-15-27-22)20(14-34-24)17-7-5-16(6-8-17)13-21(30)32-4/h5-12,14-15H,13H2,1-4H3,(H,29,31). The van der Waals surface area contributed by atoms with Crippen molar-refractivity contribution >= 4 is 39.3 Å². The molecule has 174 valence electrons. The molecular formula is C26H25N3O4S. The maximum absolute atomic E-state index is 12.0. The molecule has 4 aromatic rings. The average Bonchev–Trinajstić information content (AvgIpc) is 3.23. The lowest BCUT2D eigenvalue weighted by Crippen LogP contribution is -2.27. The third-order valence-corrected chi connectivity index (χ3v) is 5.97. The van der Waals surface area contributed by atoms with Crippen molar-refractivity contribution < 1.29 is 19.1 Å². The highest BCUT2D eigenvalue weighted by atomic mass is 32.1. The van der Waals surface area contributed by atoms with Gasteiger partial charge in [0, 0.05) is 22.2 Å². The van der Waals surface area contributed by atoms with Gasteiger partial charge >= 0.3 is 12.1 Å². The Morgan fingerprint density at radius 3 is 2.29 bits per heavy atom. The van der Waals surface area contributed by atoms with E-state index in [4.69, 9.17) is 9.47 Å². The molecule has 2 aromatic carbocycles. The van der Waals surface area contributed by atoms with Crippen LogP contribution in [0.25, 0.3) is 32.6 Å². The van der Waals surface area contributed by atoms with Gasteiger partial charge in [0.05, 0.1) is 29.4 Å². The van der Waals surface area contributed by atoms with Gasteiger partial charge in [-0.15, -0.1) is 11.3 Å². The molecular weight excluding hydrogens is 450 g/mol. The van der Waals surface area contributed by atoms with Gasteiger partial charge in [0.1, 0.15) is 11.9 Å². The number of hydrogen-bond donors (Lipinski definition) is 1. The minimum absolute atomic E-state index is 0.242. The molecule has 7 nitrogen and oxygen atoms in total. The summed E-state index contributed by atoms with van der Waals surface area (Å²) in [5, 5.41) is 4.81. The van der Waals surface area contributed by atoms with E-state index in [1.807, 2.05) is 69.3 Å². The number of benzene rings is 2. The largest absolute Gasteiger partial charge is 0.469 e. The van der Waals surface area contributed by atoms with Crippen LogP contribution in [0.5, 0.6) is 0 Å². The minimum atomic E-state index is -0.560. The molecule has 0 aliphatic carbocycles. The van der Waals surface area contributed by atoms with E-state index in [0.29, 0.717) is 5.69 Å². The molecule has 0 aliphatic heterocycles. The van der Waals surface area contributed by atoms with Crippen LogP contribution in [0.2, 0.25) is 0 Å². The van der Waals surface area contributed by atoms with Gasteiger partial charge in [0.25, 0.3) is 0 Å². The lowest BCUT2D eigenvalue weighted by Gasteiger charge is -2.19. The third kappa shape index (κ3) is 5.40. The fourth-order valence-electron chi connectivity index (χ4n) is 3.44. The van der Waals surface area contributed by atoms with Crippen LogP contribution in [-0.2, 0) is 20.7 Å². The van der Waals surface area contributed by atoms with E-state index in [1.165, 1.54) is 7.11 Å². The van der Waals surface area contributed by atoms with E-state index in [-0.39, 0.29) is 12.4 Å². The Morgan fingerprint density at radius 1 is 0.971 bits per heavy atom. The lowest BCUT2D eigenvalue weighted by atomic mass is 10.0. The van der Waals surface area contributed by atoms with E-state index in [2.05, 4.69) is 20.7 Å². The molecule has 4 rings (SSSR count). The van der Waals surface area contributed by atoms with Gasteiger partial charge in [-0.25, -0.2) is 14.8 Å². The Balaban J connectivity index is 1.57. The lowest BCUT2D eigenvalue weighted by molar-refractivity contribution is -0.139. The number of methoxy groups -OCH3 is 1. The first-order valence-electron chi connectivity index (χ1n) is 10.7. The molecule has 0 fully saturated rings. The third-order valence-electron chi connectivity index (χ3n) is 5.00. The van der Waals surface area contributed by atoms with Crippen LogP contribution in [0.4, 0.5) is 10.5 Å². The van der Waals surface area contributed by atoms with Gasteiger partial charge in [0.15, 0.2) is 0 Å². The smallest absolute Gasteiger partial charge is 0.412 e. The number of aromatic nitrogens is 2. The monoisotopic (exact) mass is 475 g/mol. The van der Waals surface area contributed by atoms with Crippen LogP contribution < -0.4 is 5.32 Å². The SMILES string of the molecule is COC(=O)Cc1ccc(-c2csc3c(-c4ccc(NC(=O)OC(C)(C)C)cc4)ncnc23)cc1. The first-order valence-corrected chi connectivity index (χ1v) is 11.6. The second-order valence-electron chi connectivity index (χ2n) is 8.70. The Bertz CT molecular complexity index is 1320. The molecule has 2 heterocycles. The number of nitrogens with zero attached hydrogens (tertiary/aromatic N) is 2. The van der Waals surface area contributed by atoms with Crippen molar-refractivity contribution in [3.05, 3.63) is 65.8 Å². The zero-order chi connectivity index (χ0) is 24.3. The Morgan fingerprint density at radius 2 is 1.65 bits per heavy atom. The summed E-state index contributed by atoms with van der Waals surface area (Å²) in [4.78, 5) is 32.6. The highest BCUT2D eigenvalue weighted by Crippen LogP contribution is 2.37. The summed E-state index contributed by atoms with van der Waals surface area (Å²) in [7, 11) is 1.39. The predicted octanol–water partition coefficient (Wildman–Crippen LogP) is 6.09. The zero-order valence-electron chi connectivity index (χ0n) is 19.4. The fraction of sp³-hybridized carbons (Fsp3) is 0.231. The first kappa shape index (κ1) is 23.4. The molecule has 0 bridgehead atoms. The van der Waals surface area contributed by atoms with Crippen LogP contribution in [0.15, 0.2) is 60.2 Å². The first-order chi connectivity index (χ1) is 16.2. The summed E-state index contributed by atoms with van der Waals surface area (Å²) in [6.45, 7) is 5.46. The van der Waals surface area contributed by atoms with Crippen LogP contribution >= 0.6 is 11.3 Å². The van der Waals surface area contributed by atoms with E-state index >= 15 is 0 Å². The molecule has 0 spiro atoms. The highest BCUT2D eigenvalue weighted by molar-refractivity contribution is 7.18. The topological polar surface area (TPSA) is 90.4 Å². The number of nitrogens with one attached hydrogen (secondary N) is 1. The van der Waals surface area contributed by atoms with Crippen molar-refractivity contribution in [3.8, 4) is 22.4 Å². The Labute approximate surface area is 201 Å². The Kier molecular flexibility index (Phi) is 6.61. The maximum atomic E-state index is 12.0. The summed E-state index contributed by atoms with van der Waals surface area (Å²) in [6, 6.07) is 15.3. The number of thiophene rings is 1. The summed E-state index contributed by atoms with van der Waals surface area (Å²) in [5.74, 6) is -0.265. The fourth-order valence-corrected chi connectivity index (χ4v) is 4.48. The molecule has 0 atom stereocenters. The summed E-state index contributed by atoms with van der Waals surface area (Å²) in [6.07, 6.45) is 1.31. The van der Waals surface area contributed by atoms with Crippen molar-refractivity contribution in [2.24, 2.45) is 0 Å². The zero-order valence-corrected chi connectivity index (χ0v) is 20.2. The van der Waals surface area contributed by atoms with E-state index in [0.717, 1.165) is 38.2 Å². The second kappa shape index (κ2) is 9.61. The number of carbonyl (C=O) groups excluding carboxylic acids is 2.